The molecule has 150 valence electrons. The van der Waals surface area contributed by atoms with Crippen LogP contribution in [-0.4, -0.2) is 36.9 Å². The molecule has 0 aliphatic carbocycles. The van der Waals surface area contributed by atoms with Crippen LogP contribution in [0.3, 0.4) is 0 Å². The van der Waals surface area contributed by atoms with Gasteiger partial charge in [0.25, 0.3) is 0 Å². The highest BCUT2D eigenvalue weighted by Crippen LogP contribution is 2.31. The third-order valence-electron chi connectivity index (χ3n) is 4.72. The number of aromatic nitrogens is 3. The van der Waals surface area contributed by atoms with E-state index in [-0.39, 0.29) is 18.0 Å². The van der Waals surface area contributed by atoms with Gasteiger partial charge >= 0.3 is 11.9 Å². The molecule has 8 nitrogen and oxygen atoms in total. The molecule has 0 aliphatic rings. The quantitative estimate of drug-likeness (QED) is 0.475. The Morgan fingerprint density at radius 2 is 1.60 bits per heavy atom. The van der Waals surface area contributed by atoms with Crippen LogP contribution < -0.4 is 0 Å². The Morgan fingerprint density at radius 3 is 2.30 bits per heavy atom. The van der Waals surface area contributed by atoms with E-state index >= 15 is 0 Å². The Balaban J connectivity index is 1.57. The number of phenolic OH excluding ortho intramolecular Hbond substituents is 1. The molecule has 0 amide bonds. The van der Waals surface area contributed by atoms with Gasteiger partial charge in [-0.25, -0.2) is 9.59 Å². The molecule has 0 unspecified atom stereocenters. The molecule has 0 fully saturated rings. The fraction of sp³-hybridized carbons (Fsp3) is 0.0909. The van der Waals surface area contributed by atoms with Crippen molar-refractivity contribution in [3.05, 3.63) is 89.5 Å². The molecule has 30 heavy (non-hydrogen) atoms. The zero-order chi connectivity index (χ0) is 21.1. The number of benzene rings is 3. The van der Waals surface area contributed by atoms with Crippen molar-refractivity contribution in [1.29, 1.82) is 0 Å². The van der Waals surface area contributed by atoms with E-state index in [9.17, 15) is 14.7 Å². The summed E-state index contributed by atoms with van der Waals surface area (Å²) in [6.07, 6.45) is 3.30. The van der Waals surface area contributed by atoms with Gasteiger partial charge in [-0.1, -0.05) is 30.3 Å². The third-order valence-corrected chi connectivity index (χ3v) is 4.72. The summed E-state index contributed by atoms with van der Waals surface area (Å²) in [6.45, 7) is -0.0117. The van der Waals surface area contributed by atoms with Crippen molar-refractivity contribution in [1.82, 2.24) is 14.8 Å². The summed E-state index contributed by atoms with van der Waals surface area (Å²) in [4.78, 5) is 23.3. The van der Waals surface area contributed by atoms with E-state index in [0.29, 0.717) is 22.9 Å². The van der Waals surface area contributed by atoms with Crippen LogP contribution in [-0.2, 0) is 17.9 Å². The van der Waals surface area contributed by atoms with Crippen LogP contribution in [0.25, 0.3) is 10.8 Å². The second-order valence-electron chi connectivity index (χ2n) is 6.73. The van der Waals surface area contributed by atoms with Gasteiger partial charge in [0.15, 0.2) is 6.73 Å². The number of esters is 1. The Kier molecular flexibility index (Phi) is 5.13. The van der Waals surface area contributed by atoms with E-state index in [2.05, 4.69) is 10.2 Å². The van der Waals surface area contributed by atoms with E-state index < -0.39 is 11.9 Å². The molecular weight excluding hydrogens is 386 g/mol. The molecule has 4 rings (SSSR count). The molecule has 4 aromatic rings. The highest BCUT2D eigenvalue weighted by molar-refractivity contribution is 5.98. The Labute approximate surface area is 171 Å². The monoisotopic (exact) mass is 403 g/mol. The van der Waals surface area contributed by atoms with Crippen LogP contribution in [0.5, 0.6) is 5.75 Å². The van der Waals surface area contributed by atoms with E-state index in [4.69, 9.17) is 9.84 Å². The number of fused-ring (bicyclic) bond motifs is 1. The first kappa shape index (κ1) is 19.1. The molecule has 1 heterocycles. The highest BCUT2D eigenvalue weighted by Gasteiger charge is 2.13. The SMILES string of the molecule is O=C(O)c1ccc(Cc2ccc3ccc(C(=O)OCn4cnnc4)cc3c2O)cc1. The number of carboxylic acid groups (broad SMARTS) is 1. The summed E-state index contributed by atoms with van der Waals surface area (Å²) in [5.74, 6) is -1.44. The summed E-state index contributed by atoms with van der Waals surface area (Å²) in [6, 6.07) is 15.1. The minimum Gasteiger partial charge on any atom is -0.507 e. The third kappa shape index (κ3) is 3.97. The maximum Gasteiger partial charge on any atom is 0.339 e. The highest BCUT2D eigenvalue weighted by atomic mass is 16.5. The summed E-state index contributed by atoms with van der Waals surface area (Å²) in [7, 11) is 0. The van der Waals surface area contributed by atoms with E-state index in [0.717, 1.165) is 10.9 Å². The number of nitrogens with zero attached hydrogens (tertiary/aromatic N) is 3. The predicted molar refractivity (Wildman–Crippen MR) is 107 cm³/mol. The molecule has 2 N–H and O–H groups in total. The summed E-state index contributed by atoms with van der Waals surface area (Å²) < 4.78 is 6.75. The first-order chi connectivity index (χ1) is 14.5. The first-order valence-corrected chi connectivity index (χ1v) is 9.07. The maximum atomic E-state index is 12.4. The predicted octanol–water partition coefficient (Wildman–Crippen LogP) is 3.24. The number of aromatic carboxylic acids is 1. The van der Waals surface area contributed by atoms with Crippen molar-refractivity contribution >= 4 is 22.7 Å². The van der Waals surface area contributed by atoms with Gasteiger partial charge < -0.3 is 14.9 Å². The zero-order valence-electron chi connectivity index (χ0n) is 15.7. The van der Waals surface area contributed by atoms with Crippen molar-refractivity contribution in [2.24, 2.45) is 0 Å². The lowest BCUT2D eigenvalue weighted by molar-refractivity contribution is 0.0371. The largest absolute Gasteiger partial charge is 0.507 e. The van der Waals surface area contributed by atoms with Gasteiger partial charge in [-0.15, -0.1) is 10.2 Å². The second-order valence-corrected chi connectivity index (χ2v) is 6.73. The smallest absolute Gasteiger partial charge is 0.339 e. The normalized spacial score (nSPS) is 10.8. The van der Waals surface area contributed by atoms with Crippen molar-refractivity contribution in [3.63, 3.8) is 0 Å². The fourth-order valence-corrected chi connectivity index (χ4v) is 3.11. The van der Waals surface area contributed by atoms with Crippen molar-refractivity contribution in [3.8, 4) is 5.75 Å². The molecule has 1 aromatic heterocycles. The van der Waals surface area contributed by atoms with Gasteiger partial charge in [0, 0.05) is 11.8 Å². The molecule has 3 aromatic carbocycles. The average Bonchev–Trinajstić information content (AvgIpc) is 3.28. The van der Waals surface area contributed by atoms with Crippen LogP contribution in [0.15, 0.2) is 67.3 Å². The van der Waals surface area contributed by atoms with Gasteiger partial charge in [0.1, 0.15) is 18.4 Å². The molecule has 8 heteroatoms. The van der Waals surface area contributed by atoms with Gasteiger partial charge in [-0.3, -0.25) is 4.57 Å². The average molecular weight is 403 g/mol. The van der Waals surface area contributed by atoms with Crippen LogP contribution >= 0.6 is 0 Å². The van der Waals surface area contributed by atoms with Crippen molar-refractivity contribution in [2.75, 3.05) is 0 Å². The molecule has 0 bridgehead atoms. The minimum atomic E-state index is -0.987. The number of phenols is 1. The summed E-state index contributed by atoms with van der Waals surface area (Å²) in [5.41, 5.74) is 2.05. The molecular formula is C22H17N3O5. The number of aromatic hydroxyl groups is 1. The van der Waals surface area contributed by atoms with Crippen LogP contribution in [0.2, 0.25) is 0 Å². The molecule has 0 saturated carbocycles. The van der Waals surface area contributed by atoms with Gasteiger partial charge in [-0.05, 0) is 40.8 Å². The molecule has 0 radical (unpaired) electrons. The topological polar surface area (TPSA) is 115 Å². The Bertz CT molecular complexity index is 1220. The summed E-state index contributed by atoms with van der Waals surface area (Å²) in [5, 5.41) is 28.4. The Hall–Kier alpha value is -4.20. The molecule has 0 spiro atoms. The van der Waals surface area contributed by atoms with E-state index in [1.807, 2.05) is 12.1 Å². The second kappa shape index (κ2) is 8.04. The zero-order valence-corrected chi connectivity index (χ0v) is 15.7. The lowest BCUT2D eigenvalue weighted by Gasteiger charge is -2.10. The van der Waals surface area contributed by atoms with E-state index in [1.165, 1.54) is 29.4 Å². The van der Waals surface area contributed by atoms with Crippen LogP contribution in [0.4, 0.5) is 0 Å². The summed E-state index contributed by atoms with van der Waals surface area (Å²) >= 11 is 0. The first-order valence-electron chi connectivity index (χ1n) is 9.07. The van der Waals surface area contributed by atoms with Gasteiger partial charge in [-0.2, -0.15) is 0 Å². The van der Waals surface area contributed by atoms with Crippen LogP contribution in [0, 0.1) is 0 Å². The van der Waals surface area contributed by atoms with Crippen molar-refractivity contribution in [2.45, 2.75) is 13.2 Å². The fourth-order valence-electron chi connectivity index (χ4n) is 3.11. The lowest BCUT2D eigenvalue weighted by atomic mass is 9.98. The number of carbonyl (C=O) groups excluding carboxylic acids is 1. The number of hydrogen-bond acceptors (Lipinski definition) is 6. The molecule has 0 atom stereocenters. The van der Waals surface area contributed by atoms with E-state index in [1.54, 1.807) is 30.3 Å². The number of hydrogen-bond donors (Lipinski definition) is 2. The number of ether oxygens (including phenoxy) is 1. The minimum absolute atomic E-state index is 0.0117. The number of carboxylic acids is 1. The van der Waals surface area contributed by atoms with Crippen molar-refractivity contribution < 1.29 is 24.5 Å². The van der Waals surface area contributed by atoms with Crippen LogP contribution in [0.1, 0.15) is 31.8 Å². The van der Waals surface area contributed by atoms with Gasteiger partial charge in [0.05, 0.1) is 11.1 Å². The molecule has 0 saturated heterocycles. The Morgan fingerprint density at radius 1 is 0.933 bits per heavy atom. The molecule has 0 aliphatic heterocycles. The standard InChI is InChI=1S/C22H17N3O5/c26-20-17(9-14-1-3-16(4-2-14)21(27)28)7-5-15-6-8-18(10-19(15)20)22(29)30-13-25-11-23-24-12-25/h1-8,10-12,26H,9,13H2,(H,27,28). The lowest BCUT2D eigenvalue weighted by Crippen LogP contribution is -2.08. The number of rotatable bonds is 6. The maximum absolute atomic E-state index is 12.4. The number of carbonyl (C=O) groups is 2. The van der Waals surface area contributed by atoms with Gasteiger partial charge in [0.2, 0.25) is 0 Å².